The molecule has 0 saturated heterocycles. The molecule has 2 rings (SSSR count). The number of urea groups is 1. The molecule has 0 bridgehead atoms. The minimum Gasteiger partial charge on any atom is -0.478 e. The van der Waals surface area contributed by atoms with E-state index < -0.39 is 0 Å². The molecule has 3 N–H and O–H groups in total. The second-order valence-electron chi connectivity index (χ2n) is 4.29. The van der Waals surface area contributed by atoms with E-state index >= 15 is 0 Å². The van der Waals surface area contributed by atoms with Crippen LogP contribution < -0.4 is 10.6 Å². The van der Waals surface area contributed by atoms with Crippen LogP contribution >= 0.6 is 0 Å². The van der Waals surface area contributed by atoms with Gasteiger partial charge in [-0.15, -0.1) is 0 Å². The molecule has 0 unspecified atom stereocenters. The minimum atomic E-state index is -0.332. The predicted octanol–water partition coefficient (Wildman–Crippen LogP) is 3.69. The molecule has 0 fully saturated rings. The number of rotatable bonds is 4. The molecule has 0 aliphatic heterocycles. The summed E-state index contributed by atoms with van der Waals surface area (Å²) in [5.41, 5.74) is 1.94. The molecule has 2 aromatic rings. The molecular formula is C16H17N3O2. The molecule has 5 nitrogen and oxygen atoms in total. The third-order valence-corrected chi connectivity index (χ3v) is 2.70. The Labute approximate surface area is 123 Å². The second-order valence-corrected chi connectivity index (χ2v) is 4.29. The number of para-hydroxylation sites is 1. The predicted molar refractivity (Wildman–Crippen MR) is 84.0 cm³/mol. The van der Waals surface area contributed by atoms with Gasteiger partial charge in [0.25, 0.3) is 0 Å². The Morgan fingerprint density at radius 2 is 1.71 bits per heavy atom. The number of hydrogen-bond donors (Lipinski definition) is 3. The number of carbonyl (C=O) groups excluding carboxylic acids is 1. The molecule has 2 amide bonds. The number of amides is 2. The van der Waals surface area contributed by atoms with Gasteiger partial charge in [0.2, 0.25) is 5.90 Å². The van der Waals surface area contributed by atoms with Gasteiger partial charge in [-0.05, 0) is 37.3 Å². The molecule has 0 atom stereocenters. The normalized spacial score (nSPS) is 9.76. The highest BCUT2D eigenvalue weighted by Gasteiger charge is 2.06. The number of ether oxygens (including phenoxy) is 1. The fourth-order valence-corrected chi connectivity index (χ4v) is 1.78. The Bertz CT molecular complexity index is 626. The van der Waals surface area contributed by atoms with Crippen molar-refractivity contribution >= 4 is 23.3 Å². The third kappa shape index (κ3) is 4.35. The van der Waals surface area contributed by atoms with E-state index in [1.54, 1.807) is 36.4 Å². The maximum absolute atomic E-state index is 11.9. The summed E-state index contributed by atoms with van der Waals surface area (Å²) in [6, 6.07) is 15.8. The highest BCUT2D eigenvalue weighted by molar-refractivity contribution is 6.01. The van der Waals surface area contributed by atoms with Gasteiger partial charge in [0, 0.05) is 16.9 Å². The van der Waals surface area contributed by atoms with E-state index in [0.29, 0.717) is 23.5 Å². The number of hydrogen-bond acceptors (Lipinski definition) is 3. The van der Waals surface area contributed by atoms with Crippen molar-refractivity contribution in [2.45, 2.75) is 6.92 Å². The van der Waals surface area contributed by atoms with Crippen molar-refractivity contribution in [3.8, 4) is 0 Å². The Morgan fingerprint density at radius 1 is 1.05 bits per heavy atom. The first-order chi connectivity index (χ1) is 10.2. The van der Waals surface area contributed by atoms with Gasteiger partial charge in [-0.3, -0.25) is 5.41 Å². The molecule has 0 saturated carbocycles. The van der Waals surface area contributed by atoms with Gasteiger partial charge in [-0.1, -0.05) is 24.3 Å². The topological polar surface area (TPSA) is 74.2 Å². The molecule has 108 valence electrons. The van der Waals surface area contributed by atoms with Crippen LogP contribution in [0.15, 0.2) is 54.6 Å². The molecular weight excluding hydrogens is 266 g/mol. The summed E-state index contributed by atoms with van der Waals surface area (Å²) < 4.78 is 5.14. The average molecular weight is 283 g/mol. The Morgan fingerprint density at radius 3 is 2.43 bits per heavy atom. The van der Waals surface area contributed by atoms with Gasteiger partial charge in [-0.25, -0.2) is 4.79 Å². The van der Waals surface area contributed by atoms with Gasteiger partial charge >= 0.3 is 6.03 Å². The van der Waals surface area contributed by atoms with Crippen LogP contribution in [0.1, 0.15) is 12.5 Å². The SMILES string of the molecule is CCOC(=N)c1cccc(NC(=O)Nc2ccccc2)c1. The second kappa shape index (κ2) is 7.09. The van der Waals surface area contributed by atoms with Gasteiger partial charge in [-0.2, -0.15) is 0 Å². The van der Waals surface area contributed by atoms with E-state index in [-0.39, 0.29) is 11.9 Å². The van der Waals surface area contributed by atoms with E-state index in [1.807, 2.05) is 25.1 Å². The molecule has 5 heteroatoms. The Kier molecular flexibility index (Phi) is 4.93. The van der Waals surface area contributed by atoms with Crippen molar-refractivity contribution in [3.05, 3.63) is 60.2 Å². The van der Waals surface area contributed by atoms with Crippen LogP contribution in [-0.4, -0.2) is 18.5 Å². The maximum Gasteiger partial charge on any atom is 0.323 e. The average Bonchev–Trinajstić information content (AvgIpc) is 2.48. The standard InChI is InChI=1S/C16H17N3O2/c1-2-21-15(17)12-7-6-10-14(11-12)19-16(20)18-13-8-4-3-5-9-13/h3-11,17H,2H2,1H3,(H2,18,19,20). The lowest BCUT2D eigenvalue weighted by Crippen LogP contribution is -2.19. The van der Waals surface area contributed by atoms with Crippen LogP contribution in [0.4, 0.5) is 16.2 Å². The molecule has 0 aromatic heterocycles. The number of anilines is 2. The van der Waals surface area contributed by atoms with E-state index in [2.05, 4.69) is 10.6 Å². The fourth-order valence-electron chi connectivity index (χ4n) is 1.78. The first-order valence-corrected chi connectivity index (χ1v) is 6.64. The molecule has 0 aliphatic rings. The Hall–Kier alpha value is -2.82. The van der Waals surface area contributed by atoms with Gasteiger partial charge < -0.3 is 15.4 Å². The van der Waals surface area contributed by atoms with E-state index in [1.165, 1.54) is 0 Å². The molecule has 0 spiro atoms. The summed E-state index contributed by atoms with van der Waals surface area (Å²) in [5, 5.41) is 13.2. The number of carbonyl (C=O) groups is 1. The number of benzene rings is 2. The molecule has 0 radical (unpaired) electrons. The summed E-state index contributed by atoms with van der Waals surface area (Å²) >= 11 is 0. The summed E-state index contributed by atoms with van der Waals surface area (Å²) in [5.74, 6) is 0.0876. The van der Waals surface area contributed by atoms with Crippen LogP contribution in [0, 0.1) is 5.41 Å². The van der Waals surface area contributed by atoms with Crippen LogP contribution in [0.25, 0.3) is 0 Å². The van der Waals surface area contributed by atoms with Crippen molar-refractivity contribution in [1.29, 1.82) is 5.41 Å². The lowest BCUT2D eigenvalue weighted by Gasteiger charge is -2.09. The largest absolute Gasteiger partial charge is 0.478 e. The van der Waals surface area contributed by atoms with Gasteiger partial charge in [0.15, 0.2) is 0 Å². The van der Waals surface area contributed by atoms with Gasteiger partial charge in [0.1, 0.15) is 0 Å². The summed E-state index contributed by atoms with van der Waals surface area (Å²) in [6.45, 7) is 2.26. The first kappa shape index (κ1) is 14.6. The summed E-state index contributed by atoms with van der Waals surface area (Å²) in [6.07, 6.45) is 0. The monoisotopic (exact) mass is 283 g/mol. The molecule has 2 aromatic carbocycles. The molecule has 21 heavy (non-hydrogen) atoms. The summed E-state index contributed by atoms with van der Waals surface area (Å²) in [4.78, 5) is 11.9. The lowest BCUT2D eigenvalue weighted by atomic mass is 10.2. The zero-order valence-electron chi connectivity index (χ0n) is 11.7. The van der Waals surface area contributed by atoms with Gasteiger partial charge in [0.05, 0.1) is 6.61 Å². The summed E-state index contributed by atoms with van der Waals surface area (Å²) in [7, 11) is 0. The van der Waals surface area contributed by atoms with Crippen molar-refractivity contribution < 1.29 is 9.53 Å². The van der Waals surface area contributed by atoms with E-state index in [4.69, 9.17) is 10.1 Å². The first-order valence-electron chi connectivity index (χ1n) is 6.64. The quantitative estimate of drug-likeness (QED) is 0.591. The maximum atomic E-state index is 11.9. The van der Waals surface area contributed by atoms with Crippen molar-refractivity contribution in [2.24, 2.45) is 0 Å². The van der Waals surface area contributed by atoms with Crippen LogP contribution in [0.2, 0.25) is 0 Å². The van der Waals surface area contributed by atoms with Crippen molar-refractivity contribution in [3.63, 3.8) is 0 Å². The van der Waals surface area contributed by atoms with Crippen molar-refractivity contribution in [1.82, 2.24) is 0 Å². The number of nitrogens with one attached hydrogen (secondary N) is 3. The third-order valence-electron chi connectivity index (χ3n) is 2.70. The van der Waals surface area contributed by atoms with Crippen LogP contribution in [0.3, 0.4) is 0 Å². The Balaban J connectivity index is 2.01. The highest BCUT2D eigenvalue weighted by atomic mass is 16.5. The van der Waals surface area contributed by atoms with Crippen LogP contribution in [-0.2, 0) is 4.74 Å². The lowest BCUT2D eigenvalue weighted by molar-refractivity contribution is 0.262. The van der Waals surface area contributed by atoms with Crippen molar-refractivity contribution in [2.75, 3.05) is 17.2 Å². The van der Waals surface area contributed by atoms with E-state index in [9.17, 15) is 4.79 Å². The highest BCUT2D eigenvalue weighted by Crippen LogP contribution is 2.13. The smallest absolute Gasteiger partial charge is 0.323 e. The minimum absolute atomic E-state index is 0.0876. The molecule has 0 heterocycles. The zero-order chi connectivity index (χ0) is 15.1. The van der Waals surface area contributed by atoms with Crippen LogP contribution in [0.5, 0.6) is 0 Å². The fraction of sp³-hybridized carbons (Fsp3) is 0.125. The molecule has 0 aliphatic carbocycles. The zero-order valence-corrected chi connectivity index (χ0v) is 11.7. The van der Waals surface area contributed by atoms with E-state index in [0.717, 1.165) is 0 Å².